The summed E-state index contributed by atoms with van der Waals surface area (Å²) in [5.41, 5.74) is 1.43. The van der Waals surface area contributed by atoms with Crippen LogP contribution in [0.25, 0.3) is 0 Å². The molecule has 0 aliphatic carbocycles. The van der Waals surface area contributed by atoms with E-state index in [1.54, 1.807) is 42.6 Å². The molecule has 1 atom stereocenters. The molecule has 0 aliphatic heterocycles. The molecule has 0 spiro atoms. The van der Waals surface area contributed by atoms with Crippen LogP contribution in [0.1, 0.15) is 34.9 Å². The summed E-state index contributed by atoms with van der Waals surface area (Å²) in [6.45, 7) is 3.99. The van der Waals surface area contributed by atoms with Crippen molar-refractivity contribution in [2.75, 3.05) is 26.9 Å². The summed E-state index contributed by atoms with van der Waals surface area (Å²) in [4.78, 5) is 28.6. The van der Waals surface area contributed by atoms with Crippen LogP contribution in [0.2, 0.25) is 0 Å². The molecule has 1 aromatic carbocycles. The summed E-state index contributed by atoms with van der Waals surface area (Å²) in [7, 11) is 1.50. The Morgan fingerprint density at radius 3 is 2.59 bits per heavy atom. The zero-order valence-electron chi connectivity index (χ0n) is 16.4. The van der Waals surface area contributed by atoms with Gasteiger partial charge >= 0.3 is 5.97 Å². The number of aliphatic hydroxyl groups is 1. The minimum absolute atomic E-state index is 0.0828. The lowest BCUT2D eigenvalue weighted by atomic mass is 10.0. The van der Waals surface area contributed by atoms with Crippen molar-refractivity contribution in [1.29, 1.82) is 0 Å². The van der Waals surface area contributed by atoms with Gasteiger partial charge in [-0.05, 0) is 36.2 Å². The van der Waals surface area contributed by atoms with E-state index in [2.05, 4.69) is 11.6 Å². The highest BCUT2D eigenvalue weighted by Crippen LogP contribution is 2.27. The first-order valence-electron chi connectivity index (χ1n) is 9.19. The lowest BCUT2D eigenvalue weighted by Gasteiger charge is -2.19. The van der Waals surface area contributed by atoms with Crippen LogP contribution in [-0.4, -0.2) is 48.8 Å². The number of nitrogens with zero attached hydrogens (tertiary/aromatic N) is 1. The molecular weight excluding hydrogens is 374 g/mol. The van der Waals surface area contributed by atoms with Crippen molar-refractivity contribution >= 4 is 11.8 Å². The fourth-order valence-electron chi connectivity index (χ4n) is 2.61. The second-order valence-corrected chi connectivity index (χ2v) is 6.28. The van der Waals surface area contributed by atoms with Gasteiger partial charge < -0.3 is 19.3 Å². The number of esters is 1. The Morgan fingerprint density at radius 1 is 1.21 bits per heavy atom. The summed E-state index contributed by atoms with van der Waals surface area (Å²) >= 11 is 0. The van der Waals surface area contributed by atoms with Gasteiger partial charge in [0.15, 0.2) is 5.78 Å². The van der Waals surface area contributed by atoms with Crippen LogP contribution in [0, 0.1) is 0 Å². The second-order valence-electron chi connectivity index (χ2n) is 6.28. The first-order chi connectivity index (χ1) is 14.0. The van der Waals surface area contributed by atoms with E-state index in [-0.39, 0.29) is 32.0 Å². The highest BCUT2D eigenvalue weighted by atomic mass is 16.5. The van der Waals surface area contributed by atoms with Gasteiger partial charge in [0.2, 0.25) is 0 Å². The van der Waals surface area contributed by atoms with E-state index in [9.17, 15) is 9.59 Å². The van der Waals surface area contributed by atoms with E-state index >= 15 is 0 Å². The first-order valence-corrected chi connectivity index (χ1v) is 9.19. The second kappa shape index (κ2) is 11.7. The fraction of sp³-hybridized carbons (Fsp3) is 0.318. The number of aromatic nitrogens is 1. The van der Waals surface area contributed by atoms with Crippen molar-refractivity contribution in [3.63, 3.8) is 0 Å². The number of ether oxygens (including phenoxy) is 3. The Hall–Kier alpha value is -3.03. The van der Waals surface area contributed by atoms with Crippen molar-refractivity contribution in [2.24, 2.45) is 0 Å². The predicted octanol–water partition coefficient (Wildman–Crippen LogP) is 2.90. The molecule has 7 heteroatoms. The zero-order valence-corrected chi connectivity index (χ0v) is 16.4. The Bertz CT molecular complexity index is 804. The van der Waals surface area contributed by atoms with Gasteiger partial charge in [0.1, 0.15) is 18.5 Å². The van der Waals surface area contributed by atoms with Crippen LogP contribution in [0.3, 0.4) is 0 Å². The van der Waals surface area contributed by atoms with Crippen LogP contribution in [0.15, 0.2) is 60.9 Å². The van der Waals surface area contributed by atoms with Crippen molar-refractivity contribution in [2.45, 2.75) is 18.9 Å². The summed E-state index contributed by atoms with van der Waals surface area (Å²) in [5.74, 6) is -0.0752. The number of methoxy groups -OCH3 is 1. The number of hydrogen-bond acceptors (Lipinski definition) is 7. The van der Waals surface area contributed by atoms with Gasteiger partial charge in [-0.15, -0.1) is 0 Å². The average Bonchev–Trinajstić information content (AvgIpc) is 2.76. The third-order valence-corrected chi connectivity index (χ3v) is 4.10. The highest BCUT2D eigenvalue weighted by Gasteiger charge is 2.20. The monoisotopic (exact) mass is 399 g/mol. The Kier molecular flexibility index (Phi) is 9.01. The lowest BCUT2D eigenvalue weighted by Crippen LogP contribution is -2.15. The molecule has 1 N–H and O–H groups in total. The first kappa shape index (κ1) is 22.3. The van der Waals surface area contributed by atoms with Crippen LogP contribution in [0.4, 0.5) is 0 Å². The molecule has 7 nitrogen and oxygen atoms in total. The molecule has 154 valence electrons. The molecule has 0 amide bonds. The number of Topliss-reactive ketones (excluding diaryl/α,β-unsaturated/α-hetero) is 1. The minimum Gasteiger partial charge on any atom is -0.491 e. The van der Waals surface area contributed by atoms with Gasteiger partial charge in [0.25, 0.3) is 0 Å². The maximum Gasteiger partial charge on any atom is 0.340 e. The van der Waals surface area contributed by atoms with Crippen LogP contribution < -0.4 is 4.74 Å². The molecular formula is C22H25NO6. The van der Waals surface area contributed by atoms with Crippen molar-refractivity contribution in [3.8, 4) is 5.75 Å². The average molecular weight is 399 g/mol. The number of ketones is 1. The minimum atomic E-state index is -0.631. The number of pyridine rings is 1. The van der Waals surface area contributed by atoms with Gasteiger partial charge in [-0.1, -0.05) is 18.7 Å². The molecule has 0 aliphatic rings. The largest absolute Gasteiger partial charge is 0.491 e. The van der Waals surface area contributed by atoms with E-state index in [0.29, 0.717) is 23.3 Å². The summed E-state index contributed by atoms with van der Waals surface area (Å²) in [6, 6.07) is 10.2. The van der Waals surface area contributed by atoms with Crippen LogP contribution in [-0.2, 0) is 14.3 Å². The quantitative estimate of drug-likeness (QED) is 0.433. The van der Waals surface area contributed by atoms with Crippen molar-refractivity contribution in [3.05, 3.63) is 72.1 Å². The van der Waals surface area contributed by atoms with Crippen LogP contribution in [0.5, 0.6) is 5.75 Å². The Labute approximate surface area is 169 Å². The molecule has 1 heterocycles. The number of carbonyl (C=O) groups is 2. The van der Waals surface area contributed by atoms with Crippen molar-refractivity contribution in [1.82, 2.24) is 4.98 Å². The number of rotatable bonds is 12. The van der Waals surface area contributed by atoms with Gasteiger partial charge in [-0.2, -0.15) is 0 Å². The van der Waals surface area contributed by atoms with Gasteiger partial charge in [0.05, 0.1) is 18.8 Å². The van der Waals surface area contributed by atoms with E-state index < -0.39 is 12.1 Å². The molecule has 0 saturated heterocycles. The molecule has 29 heavy (non-hydrogen) atoms. The fourth-order valence-corrected chi connectivity index (χ4v) is 2.61. The topological polar surface area (TPSA) is 95.0 Å². The van der Waals surface area contributed by atoms with E-state index in [1.165, 1.54) is 13.3 Å². The van der Waals surface area contributed by atoms with Crippen molar-refractivity contribution < 1.29 is 28.9 Å². The molecule has 2 aromatic rings. The van der Waals surface area contributed by atoms with E-state index in [0.717, 1.165) is 5.56 Å². The maximum absolute atomic E-state index is 12.5. The molecule has 1 aromatic heterocycles. The summed E-state index contributed by atoms with van der Waals surface area (Å²) < 4.78 is 16.0. The van der Waals surface area contributed by atoms with Gasteiger partial charge in [-0.3, -0.25) is 9.78 Å². The molecule has 2 rings (SSSR count). The highest BCUT2D eigenvalue weighted by molar-refractivity contribution is 5.95. The van der Waals surface area contributed by atoms with Gasteiger partial charge in [0, 0.05) is 31.5 Å². The molecule has 0 unspecified atom stereocenters. The Balaban J connectivity index is 2.12. The third-order valence-electron chi connectivity index (χ3n) is 4.10. The Morgan fingerprint density at radius 2 is 1.97 bits per heavy atom. The molecule has 0 saturated carbocycles. The number of benzene rings is 1. The molecule has 0 fully saturated rings. The lowest BCUT2D eigenvalue weighted by molar-refractivity contribution is -0.116. The number of hydrogen-bond donors (Lipinski definition) is 1. The third kappa shape index (κ3) is 7.14. The normalized spacial score (nSPS) is 11.5. The smallest absolute Gasteiger partial charge is 0.340 e. The SMILES string of the molecule is C=C(COC)C(=O)CC[C@@H](OC(=O)c1cccnc1)c1ccc(OCCO)cc1. The van der Waals surface area contributed by atoms with E-state index in [4.69, 9.17) is 19.3 Å². The zero-order chi connectivity index (χ0) is 21.1. The number of aliphatic hydroxyl groups excluding tert-OH is 1. The standard InChI is InChI=1S/C22H25NO6/c1-16(15-27-2)20(25)9-10-21(29-22(26)18-4-3-11-23-14-18)17-5-7-19(8-6-17)28-13-12-24/h3-8,11,14,21,24H,1,9-10,12-13,15H2,2H3/t21-/m1/s1. The molecule has 0 radical (unpaired) electrons. The predicted molar refractivity (Wildman–Crippen MR) is 107 cm³/mol. The number of carbonyl (C=O) groups excluding carboxylic acids is 2. The van der Waals surface area contributed by atoms with Gasteiger partial charge in [-0.25, -0.2) is 4.79 Å². The summed E-state index contributed by atoms with van der Waals surface area (Å²) in [6.07, 6.45) is 2.82. The maximum atomic E-state index is 12.5. The van der Waals surface area contributed by atoms with E-state index in [1.807, 2.05) is 0 Å². The molecule has 0 bridgehead atoms. The summed E-state index contributed by atoms with van der Waals surface area (Å²) in [5, 5.41) is 8.85. The van der Waals surface area contributed by atoms with Crippen LogP contribution >= 0.6 is 0 Å².